The molecule has 12 nitrogen and oxygen atoms in total. The van der Waals surface area contributed by atoms with Crippen LogP contribution in [-0.2, 0) is 33.4 Å². The van der Waals surface area contributed by atoms with Crippen molar-refractivity contribution in [3.8, 4) is 0 Å². The molecule has 2 N–H and O–H groups in total. The van der Waals surface area contributed by atoms with Gasteiger partial charge in [-0.15, -0.1) is 0 Å². The predicted octanol–water partition coefficient (Wildman–Crippen LogP) is 4.19. The highest BCUT2D eigenvalue weighted by Crippen LogP contribution is 2.54. The fraction of sp³-hybridized carbons (Fsp3) is 0.524. The van der Waals surface area contributed by atoms with Crippen LogP contribution in [0.3, 0.4) is 0 Å². The van der Waals surface area contributed by atoms with E-state index in [-0.39, 0.29) is 43.9 Å². The van der Waals surface area contributed by atoms with Crippen molar-refractivity contribution in [2.75, 3.05) is 49.8 Å². The lowest BCUT2D eigenvalue weighted by atomic mass is 9.77. The number of methoxy groups -OCH3 is 1. The van der Waals surface area contributed by atoms with Gasteiger partial charge in [0.05, 0.1) is 37.3 Å². The van der Waals surface area contributed by atoms with E-state index in [9.17, 15) is 14.7 Å². The van der Waals surface area contributed by atoms with Crippen molar-refractivity contribution in [2.24, 2.45) is 17.8 Å². The summed E-state index contributed by atoms with van der Waals surface area (Å²) >= 11 is 0. The summed E-state index contributed by atoms with van der Waals surface area (Å²) in [7, 11) is 1.51. The molecular formula is C42H54N4O8. The van der Waals surface area contributed by atoms with Crippen LogP contribution < -0.4 is 15.1 Å². The molecule has 4 aliphatic heterocycles. The number of cyclic esters (lactones) is 1. The first-order valence-corrected chi connectivity index (χ1v) is 19.3. The van der Waals surface area contributed by atoms with E-state index >= 15 is 9.59 Å². The lowest BCUT2D eigenvalue weighted by Crippen LogP contribution is -2.59. The molecule has 3 amide bonds. The summed E-state index contributed by atoms with van der Waals surface area (Å²) in [6.45, 7) is 9.69. The Morgan fingerprint density at radius 2 is 1.72 bits per heavy atom. The van der Waals surface area contributed by atoms with Crippen LogP contribution in [0.25, 0.3) is 0 Å². The van der Waals surface area contributed by atoms with Gasteiger partial charge in [-0.3, -0.25) is 19.2 Å². The third-order valence-electron chi connectivity index (χ3n) is 11.6. The van der Waals surface area contributed by atoms with E-state index < -0.39 is 59.6 Å². The number of allylic oxidation sites excluding steroid dienone is 1. The van der Waals surface area contributed by atoms with Crippen molar-refractivity contribution in [3.05, 3.63) is 84.5 Å². The number of rotatable bonds is 11. The van der Waals surface area contributed by atoms with Crippen molar-refractivity contribution >= 4 is 35.1 Å². The molecule has 0 radical (unpaired) electrons. The molecule has 0 bridgehead atoms. The van der Waals surface area contributed by atoms with Crippen molar-refractivity contribution in [1.82, 2.24) is 10.2 Å². The number of carbonyl (C=O) groups is 4. The molecule has 6 rings (SSSR count). The number of nitrogens with one attached hydrogen (secondary N) is 1. The number of aliphatic hydroxyl groups excluding tert-OH is 1. The van der Waals surface area contributed by atoms with E-state index in [2.05, 4.69) is 24.1 Å². The number of carbonyl (C=O) groups excluding carboxylic acids is 4. The Kier molecular flexibility index (Phi) is 12.2. The highest BCUT2D eigenvalue weighted by atomic mass is 16.6. The minimum absolute atomic E-state index is 0.0667. The van der Waals surface area contributed by atoms with Gasteiger partial charge in [-0.1, -0.05) is 74.9 Å². The minimum atomic E-state index is -1.55. The Hall–Kier alpha value is -4.52. The number of hydrogen-bond acceptors (Lipinski definition) is 9. The number of fused-ring (bicyclic) bond motifs is 2. The largest absolute Gasteiger partial charge is 0.455 e. The van der Waals surface area contributed by atoms with E-state index in [1.165, 1.54) is 12.0 Å². The van der Waals surface area contributed by atoms with Crippen LogP contribution in [0.1, 0.15) is 58.6 Å². The standard InChI is InChI=1S/C42H54N4O8/c1-6-27(4)32(25-47)46-38-40(50)45(30-21-19-29(20-22-30)44(7-2)8-3)24-14-23-42(38)36(39(46)49)35-33(54-42)17-12-13-18-34(48)43-31(26-52-5)37(53-41(35)51)28-15-10-9-11-16-28/h9-12,14-17,19-23,27,31-33,35-38,47H,6-8,13,18,24-26H2,1-5H3,(H,43,48)/b17-12-/t27-,31-,32-,33-,35+,36+,37-,38-,42+/m0/s1. The molecule has 12 heteroatoms. The summed E-state index contributed by atoms with van der Waals surface area (Å²) in [6.07, 6.45) is 6.40. The summed E-state index contributed by atoms with van der Waals surface area (Å²) in [5.74, 6) is -4.17. The van der Waals surface area contributed by atoms with Crippen LogP contribution in [0.5, 0.6) is 0 Å². The zero-order valence-electron chi connectivity index (χ0n) is 31.9. The quantitative estimate of drug-likeness (QED) is 0.257. The second kappa shape index (κ2) is 16.9. The Labute approximate surface area is 318 Å². The molecule has 54 heavy (non-hydrogen) atoms. The van der Waals surface area contributed by atoms with E-state index in [0.717, 1.165) is 18.8 Å². The second-order valence-corrected chi connectivity index (χ2v) is 14.6. The van der Waals surface area contributed by atoms with Gasteiger partial charge in [0.2, 0.25) is 11.8 Å². The summed E-state index contributed by atoms with van der Waals surface area (Å²) in [6, 6.07) is 14.3. The molecular weight excluding hydrogens is 688 g/mol. The zero-order chi connectivity index (χ0) is 38.6. The molecule has 4 heterocycles. The maximum absolute atomic E-state index is 15.1. The highest BCUT2D eigenvalue weighted by molar-refractivity contribution is 6.05. The monoisotopic (exact) mass is 742 g/mol. The van der Waals surface area contributed by atoms with Gasteiger partial charge in [-0.05, 0) is 56.0 Å². The first kappa shape index (κ1) is 39.2. The Balaban J connectivity index is 1.46. The highest BCUT2D eigenvalue weighted by Gasteiger charge is 2.73. The van der Waals surface area contributed by atoms with Gasteiger partial charge in [0, 0.05) is 44.5 Å². The number of aliphatic hydroxyl groups is 1. The van der Waals surface area contributed by atoms with Crippen LogP contribution in [0.15, 0.2) is 78.9 Å². The van der Waals surface area contributed by atoms with E-state index in [1.807, 2.05) is 74.5 Å². The van der Waals surface area contributed by atoms with Gasteiger partial charge in [0.1, 0.15) is 23.7 Å². The van der Waals surface area contributed by atoms with Gasteiger partial charge in [-0.25, -0.2) is 0 Å². The van der Waals surface area contributed by atoms with Crippen LogP contribution in [-0.4, -0.2) is 103 Å². The predicted molar refractivity (Wildman–Crippen MR) is 204 cm³/mol. The summed E-state index contributed by atoms with van der Waals surface area (Å²) in [5, 5.41) is 13.8. The molecule has 2 fully saturated rings. The fourth-order valence-corrected chi connectivity index (χ4v) is 8.66. The molecule has 4 aliphatic rings. The zero-order valence-corrected chi connectivity index (χ0v) is 31.9. The smallest absolute Gasteiger partial charge is 0.313 e. The third kappa shape index (κ3) is 7.19. The number of ether oxygens (including phenoxy) is 3. The van der Waals surface area contributed by atoms with Crippen LogP contribution in [0.4, 0.5) is 11.4 Å². The lowest BCUT2D eigenvalue weighted by Gasteiger charge is -2.40. The molecule has 2 aromatic carbocycles. The normalized spacial score (nSPS) is 30.2. The van der Waals surface area contributed by atoms with Crippen LogP contribution in [0, 0.1) is 17.8 Å². The maximum Gasteiger partial charge on any atom is 0.313 e. The molecule has 0 saturated carbocycles. The summed E-state index contributed by atoms with van der Waals surface area (Å²) in [5.41, 5.74) is 0.790. The van der Waals surface area contributed by atoms with Gasteiger partial charge < -0.3 is 39.3 Å². The molecule has 0 aliphatic carbocycles. The van der Waals surface area contributed by atoms with Crippen LogP contribution >= 0.6 is 0 Å². The Morgan fingerprint density at radius 3 is 2.37 bits per heavy atom. The summed E-state index contributed by atoms with van der Waals surface area (Å²) < 4.78 is 18.8. The van der Waals surface area contributed by atoms with Crippen molar-refractivity contribution in [1.29, 1.82) is 0 Å². The molecule has 2 saturated heterocycles. The molecule has 1 spiro atoms. The van der Waals surface area contributed by atoms with Crippen molar-refractivity contribution in [2.45, 2.75) is 82.9 Å². The fourth-order valence-electron chi connectivity index (χ4n) is 8.66. The average Bonchev–Trinajstić information content (AvgIpc) is 3.57. The van der Waals surface area contributed by atoms with Gasteiger partial charge >= 0.3 is 5.97 Å². The molecule has 0 aromatic heterocycles. The topological polar surface area (TPSA) is 138 Å². The first-order valence-electron chi connectivity index (χ1n) is 19.3. The number of benzene rings is 2. The molecule has 290 valence electrons. The lowest BCUT2D eigenvalue weighted by molar-refractivity contribution is -0.163. The van der Waals surface area contributed by atoms with Crippen LogP contribution in [0.2, 0.25) is 0 Å². The number of hydrogen-bond donors (Lipinski definition) is 2. The Bertz CT molecular complexity index is 1710. The maximum atomic E-state index is 15.1. The number of nitrogens with zero attached hydrogens (tertiary/aromatic N) is 3. The van der Waals surface area contributed by atoms with Crippen molar-refractivity contribution < 1.29 is 38.5 Å². The summed E-state index contributed by atoms with van der Waals surface area (Å²) in [4.78, 5) is 63.5. The van der Waals surface area contributed by atoms with E-state index in [1.54, 1.807) is 23.1 Å². The number of likely N-dealkylation sites (tertiary alicyclic amines) is 1. The van der Waals surface area contributed by atoms with Gasteiger partial charge in [0.25, 0.3) is 5.91 Å². The minimum Gasteiger partial charge on any atom is -0.455 e. The average molecular weight is 743 g/mol. The number of anilines is 2. The molecule has 0 unspecified atom stereocenters. The second-order valence-electron chi connectivity index (χ2n) is 14.6. The van der Waals surface area contributed by atoms with E-state index in [0.29, 0.717) is 24.1 Å². The molecule has 2 aromatic rings. The molecule has 9 atom stereocenters. The van der Waals surface area contributed by atoms with Gasteiger partial charge in [-0.2, -0.15) is 0 Å². The van der Waals surface area contributed by atoms with Gasteiger partial charge in [0.15, 0.2) is 0 Å². The van der Waals surface area contributed by atoms with E-state index in [4.69, 9.17) is 14.2 Å². The third-order valence-corrected chi connectivity index (χ3v) is 11.6. The number of esters is 1. The first-order chi connectivity index (χ1) is 26.1. The Morgan fingerprint density at radius 1 is 1.00 bits per heavy atom. The number of amides is 3. The SMILES string of the molecule is CC[C@H](C)[C@H](CO)N1C(=O)[C@H]2[C@@H]3C(=O)O[C@@H](c4ccccc4)[C@H](COC)NC(=O)CC/C=C\[C@@H]3O[C@]23C=CCN(c2ccc(N(CC)CC)cc2)C(=O)[C@H]13. The van der Waals surface area contributed by atoms with Crippen molar-refractivity contribution in [3.63, 3.8) is 0 Å².